The van der Waals surface area contributed by atoms with Crippen LogP contribution in [-0.2, 0) is 18.6 Å². The first-order valence-corrected chi connectivity index (χ1v) is 10.7. The Morgan fingerprint density at radius 3 is 1.42 bits per heavy atom. The molecule has 0 N–H and O–H groups in total. The van der Waals surface area contributed by atoms with E-state index in [1.54, 1.807) is 18.3 Å². The molecule has 9 heteroatoms. The molecule has 2 aliphatic heterocycles. The van der Waals surface area contributed by atoms with Crippen LogP contribution < -0.4 is 15.7 Å². The van der Waals surface area contributed by atoms with E-state index < -0.39 is 36.6 Å². The lowest BCUT2D eigenvalue weighted by atomic mass is 9.67. The van der Waals surface area contributed by atoms with Gasteiger partial charge in [-0.1, -0.05) is 0 Å². The normalized spacial score (nSPS) is 23.6. The first-order chi connectivity index (χ1) is 14.1. The summed E-state index contributed by atoms with van der Waals surface area (Å²) in [6.07, 6.45) is 1.81. The summed E-state index contributed by atoms with van der Waals surface area (Å²) < 4.78 is 31.1. The summed E-state index contributed by atoms with van der Waals surface area (Å²) in [6.45, 7) is 16.3. The fourth-order valence-electron chi connectivity index (χ4n) is 3.44. The summed E-state index contributed by atoms with van der Waals surface area (Å²) in [7, 11) is 4.24. The van der Waals surface area contributed by atoms with Crippen LogP contribution in [0.2, 0.25) is 0 Å². The zero-order chi connectivity index (χ0) is 23.4. The van der Waals surface area contributed by atoms with E-state index in [2.05, 4.69) is 5.10 Å². The van der Waals surface area contributed by atoms with Crippen LogP contribution in [0.25, 0.3) is 0 Å². The van der Waals surface area contributed by atoms with E-state index in [4.69, 9.17) is 23.4 Å². The summed E-state index contributed by atoms with van der Waals surface area (Å²) in [5.41, 5.74) is 0.610. The lowest BCUT2D eigenvalue weighted by molar-refractivity contribution is 0.00578. The van der Waals surface area contributed by atoms with Gasteiger partial charge in [-0.05, 0) is 84.0 Å². The van der Waals surface area contributed by atoms with Crippen molar-refractivity contribution in [1.29, 1.82) is 0 Å². The molecular weight excluding hydrogens is 394 g/mol. The number of hydrogen-bond acceptors (Lipinski definition) is 7. The van der Waals surface area contributed by atoms with E-state index in [0.29, 0.717) is 5.75 Å². The Balaban J connectivity index is 2.16. The van der Waals surface area contributed by atoms with Crippen molar-refractivity contribution in [2.24, 2.45) is 5.10 Å². The first kappa shape index (κ1) is 24.1. The minimum Gasteiger partial charge on any atom is -0.497 e. The topological polar surface area (TPSA) is 61.8 Å². The van der Waals surface area contributed by atoms with Gasteiger partial charge >= 0.3 is 14.2 Å². The van der Waals surface area contributed by atoms with Crippen LogP contribution in [0.3, 0.4) is 0 Å². The standard InChI is InChI=1S/C22H36B2N2O5/c1-19(2)20(3,4)29-23(28-19)17-12-15(27-11)13-18(16(17)14-25-26(9)10)24-30-21(5,6)22(7,8)31-24/h12-14H,1-11H3/b25-14+. The lowest BCUT2D eigenvalue weighted by Crippen LogP contribution is -2.45. The van der Waals surface area contributed by atoms with Crippen LogP contribution in [0, 0.1) is 0 Å². The number of methoxy groups -OCH3 is 1. The minimum absolute atomic E-state index is 0.471. The van der Waals surface area contributed by atoms with Gasteiger partial charge in [-0.25, -0.2) is 0 Å². The summed E-state index contributed by atoms with van der Waals surface area (Å²) in [5.74, 6) is 0.677. The fourth-order valence-corrected chi connectivity index (χ4v) is 3.44. The van der Waals surface area contributed by atoms with Crippen LogP contribution in [0.15, 0.2) is 17.2 Å². The third-order valence-corrected chi connectivity index (χ3v) is 6.89. The molecule has 3 rings (SSSR count). The highest BCUT2D eigenvalue weighted by Crippen LogP contribution is 2.38. The van der Waals surface area contributed by atoms with Crippen molar-refractivity contribution in [2.45, 2.75) is 77.8 Å². The maximum absolute atomic E-state index is 6.36. The van der Waals surface area contributed by atoms with Crippen molar-refractivity contribution in [1.82, 2.24) is 5.01 Å². The number of benzene rings is 1. The molecule has 2 heterocycles. The predicted octanol–water partition coefficient (Wildman–Crippen LogP) is 2.19. The van der Waals surface area contributed by atoms with Gasteiger partial charge in [0.15, 0.2) is 0 Å². The molecule has 0 spiro atoms. The fraction of sp³-hybridized carbons (Fsp3) is 0.682. The summed E-state index contributed by atoms with van der Waals surface area (Å²) in [4.78, 5) is 0. The van der Waals surface area contributed by atoms with Gasteiger partial charge in [-0.15, -0.1) is 0 Å². The van der Waals surface area contributed by atoms with Gasteiger partial charge < -0.3 is 28.4 Å². The Kier molecular flexibility index (Phi) is 6.06. The van der Waals surface area contributed by atoms with E-state index in [-0.39, 0.29) is 0 Å². The van der Waals surface area contributed by atoms with Crippen molar-refractivity contribution in [3.8, 4) is 5.75 Å². The van der Waals surface area contributed by atoms with Gasteiger partial charge in [0.2, 0.25) is 0 Å². The van der Waals surface area contributed by atoms with Gasteiger partial charge in [-0.3, -0.25) is 0 Å². The molecule has 0 radical (unpaired) electrons. The lowest BCUT2D eigenvalue weighted by Gasteiger charge is -2.32. The van der Waals surface area contributed by atoms with E-state index >= 15 is 0 Å². The Hall–Kier alpha value is -1.54. The molecule has 0 bridgehead atoms. The third kappa shape index (κ3) is 4.38. The highest BCUT2D eigenvalue weighted by molar-refractivity contribution is 6.68. The molecular formula is C22H36B2N2O5. The number of hydrogen-bond donors (Lipinski definition) is 0. The van der Waals surface area contributed by atoms with Gasteiger partial charge in [-0.2, -0.15) is 5.10 Å². The molecule has 2 saturated heterocycles. The number of ether oxygens (including phenoxy) is 1. The highest BCUT2D eigenvalue weighted by Gasteiger charge is 2.55. The number of hydrazone groups is 1. The van der Waals surface area contributed by atoms with Crippen LogP contribution in [-0.4, -0.2) is 69.1 Å². The maximum atomic E-state index is 6.36. The van der Waals surface area contributed by atoms with Crippen molar-refractivity contribution >= 4 is 31.4 Å². The SMILES string of the molecule is COc1cc(B2OC(C)(C)C(C)(C)O2)c(/C=N/N(C)C)c(B2OC(C)(C)C(C)(C)O2)c1. The molecule has 0 aromatic heterocycles. The molecule has 1 aromatic rings. The second kappa shape index (κ2) is 7.80. The van der Waals surface area contributed by atoms with Crippen molar-refractivity contribution < 1.29 is 23.4 Å². The zero-order valence-corrected chi connectivity index (χ0v) is 20.8. The second-order valence-corrected chi connectivity index (χ2v) is 10.5. The van der Waals surface area contributed by atoms with E-state index in [0.717, 1.165) is 16.5 Å². The van der Waals surface area contributed by atoms with E-state index in [1.165, 1.54) is 0 Å². The molecule has 31 heavy (non-hydrogen) atoms. The Labute approximate surface area is 187 Å². The number of rotatable bonds is 5. The van der Waals surface area contributed by atoms with E-state index in [9.17, 15) is 0 Å². The van der Waals surface area contributed by atoms with Crippen LogP contribution >= 0.6 is 0 Å². The van der Waals surface area contributed by atoms with E-state index in [1.807, 2.05) is 81.6 Å². The van der Waals surface area contributed by atoms with Crippen LogP contribution in [0.1, 0.15) is 61.0 Å². The van der Waals surface area contributed by atoms with Crippen molar-refractivity contribution in [3.05, 3.63) is 17.7 Å². The van der Waals surface area contributed by atoms with Crippen LogP contribution in [0.5, 0.6) is 5.75 Å². The smallest absolute Gasteiger partial charge is 0.495 e. The zero-order valence-electron chi connectivity index (χ0n) is 20.8. The molecule has 0 unspecified atom stereocenters. The predicted molar refractivity (Wildman–Crippen MR) is 126 cm³/mol. The van der Waals surface area contributed by atoms with Crippen molar-refractivity contribution in [2.75, 3.05) is 21.2 Å². The average molecular weight is 430 g/mol. The Morgan fingerprint density at radius 2 is 1.13 bits per heavy atom. The van der Waals surface area contributed by atoms with Crippen LogP contribution in [0.4, 0.5) is 0 Å². The average Bonchev–Trinajstić information content (AvgIpc) is 2.98. The van der Waals surface area contributed by atoms with Crippen molar-refractivity contribution in [3.63, 3.8) is 0 Å². The maximum Gasteiger partial charge on any atom is 0.495 e. The summed E-state index contributed by atoms with van der Waals surface area (Å²) in [6, 6.07) is 3.88. The molecule has 1 aromatic carbocycles. The Bertz CT molecular complexity index is 778. The minimum atomic E-state index is -0.579. The molecule has 7 nitrogen and oxygen atoms in total. The summed E-state index contributed by atoms with van der Waals surface area (Å²) >= 11 is 0. The van der Waals surface area contributed by atoms with Gasteiger partial charge in [0.1, 0.15) is 5.75 Å². The highest BCUT2D eigenvalue weighted by atomic mass is 16.7. The molecule has 0 saturated carbocycles. The molecule has 0 aliphatic carbocycles. The number of nitrogens with zero attached hydrogens (tertiary/aromatic N) is 2. The molecule has 2 fully saturated rings. The first-order valence-electron chi connectivity index (χ1n) is 10.7. The monoisotopic (exact) mass is 430 g/mol. The van der Waals surface area contributed by atoms with Gasteiger partial charge in [0.25, 0.3) is 0 Å². The quantitative estimate of drug-likeness (QED) is 0.406. The third-order valence-electron chi connectivity index (χ3n) is 6.89. The molecule has 0 amide bonds. The Morgan fingerprint density at radius 1 is 0.774 bits per heavy atom. The molecule has 170 valence electrons. The molecule has 0 atom stereocenters. The second-order valence-electron chi connectivity index (χ2n) is 10.5. The van der Waals surface area contributed by atoms with Gasteiger partial charge in [0, 0.05) is 14.1 Å². The summed E-state index contributed by atoms with van der Waals surface area (Å²) in [5, 5.41) is 6.25. The van der Waals surface area contributed by atoms with Gasteiger partial charge in [0.05, 0.1) is 35.7 Å². The molecule has 2 aliphatic rings. The largest absolute Gasteiger partial charge is 0.497 e.